The van der Waals surface area contributed by atoms with Gasteiger partial charge in [0.25, 0.3) is 5.91 Å². The SMILES string of the molecule is Cc1ccc(Cl)cc1NC(=O)c1ccc(Nc2ccc3c(c2)OCCO3)nn1. The highest BCUT2D eigenvalue weighted by Crippen LogP contribution is 2.33. The van der Waals surface area contributed by atoms with Gasteiger partial charge in [-0.2, -0.15) is 0 Å². The number of aromatic nitrogens is 2. The first-order valence-corrected chi connectivity index (χ1v) is 9.04. The Balaban J connectivity index is 1.45. The van der Waals surface area contributed by atoms with Crippen LogP contribution in [0.3, 0.4) is 0 Å². The fourth-order valence-electron chi connectivity index (χ4n) is 2.70. The number of ether oxygens (including phenoxy) is 2. The summed E-state index contributed by atoms with van der Waals surface area (Å²) in [6.45, 7) is 2.95. The minimum Gasteiger partial charge on any atom is -0.486 e. The van der Waals surface area contributed by atoms with Gasteiger partial charge in [0.2, 0.25) is 0 Å². The van der Waals surface area contributed by atoms with Gasteiger partial charge in [-0.1, -0.05) is 17.7 Å². The number of carbonyl (C=O) groups excluding carboxylic acids is 1. The molecule has 3 aromatic rings. The van der Waals surface area contributed by atoms with E-state index in [9.17, 15) is 4.79 Å². The van der Waals surface area contributed by atoms with Crippen LogP contribution in [0.1, 0.15) is 16.1 Å². The highest BCUT2D eigenvalue weighted by Gasteiger charge is 2.13. The molecule has 7 nitrogen and oxygen atoms in total. The lowest BCUT2D eigenvalue weighted by atomic mass is 10.2. The van der Waals surface area contributed by atoms with Crippen molar-refractivity contribution >= 4 is 34.7 Å². The van der Waals surface area contributed by atoms with Crippen LogP contribution in [0.5, 0.6) is 11.5 Å². The Morgan fingerprint density at radius 1 is 1.00 bits per heavy atom. The Hall–Kier alpha value is -3.32. The van der Waals surface area contributed by atoms with E-state index in [1.807, 2.05) is 31.2 Å². The zero-order chi connectivity index (χ0) is 19.5. The van der Waals surface area contributed by atoms with Gasteiger partial charge in [0.15, 0.2) is 23.0 Å². The second-order valence-corrected chi connectivity index (χ2v) is 6.64. The van der Waals surface area contributed by atoms with Crippen LogP contribution in [0.2, 0.25) is 5.02 Å². The molecule has 1 aromatic heterocycles. The summed E-state index contributed by atoms with van der Waals surface area (Å²) in [7, 11) is 0. The molecule has 0 spiro atoms. The molecule has 2 aromatic carbocycles. The predicted octanol–water partition coefficient (Wildman–Crippen LogP) is 4.21. The number of aryl methyl sites for hydroxylation is 1. The molecule has 2 heterocycles. The van der Waals surface area contributed by atoms with Gasteiger partial charge in [0, 0.05) is 22.5 Å². The summed E-state index contributed by atoms with van der Waals surface area (Å²) < 4.78 is 11.1. The number of nitrogens with one attached hydrogen (secondary N) is 2. The number of rotatable bonds is 4. The first-order chi connectivity index (χ1) is 13.6. The van der Waals surface area contributed by atoms with Crippen molar-refractivity contribution in [2.24, 2.45) is 0 Å². The lowest BCUT2D eigenvalue weighted by Gasteiger charge is -2.19. The molecule has 0 unspecified atom stereocenters. The van der Waals surface area contributed by atoms with Gasteiger partial charge in [-0.05, 0) is 48.9 Å². The lowest BCUT2D eigenvalue weighted by Crippen LogP contribution is -2.15. The average molecular weight is 397 g/mol. The van der Waals surface area contributed by atoms with Gasteiger partial charge < -0.3 is 20.1 Å². The molecule has 4 rings (SSSR count). The molecule has 0 bridgehead atoms. The Morgan fingerprint density at radius 3 is 2.61 bits per heavy atom. The van der Waals surface area contributed by atoms with Crippen LogP contribution in [0.4, 0.5) is 17.2 Å². The van der Waals surface area contributed by atoms with Crippen molar-refractivity contribution in [3.05, 3.63) is 64.8 Å². The summed E-state index contributed by atoms with van der Waals surface area (Å²) in [6.07, 6.45) is 0. The minimum absolute atomic E-state index is 0.201. The molecular formula is C20H17ClN4O3. The van der Waals surface area contributed by atoms with E-state index >= 15 is 0 Å². The smallest absolute Gasteiger partial charge is 0.276 e. The first kappa shape index (κ1) is 18.1. The van der Waals surface area contributed by atoms with Gasteiger partial charge in [0.05, 0.1) is 0 Å². The third-order valence-electron chi connectivity index (χ3n) is 4.16. The predicted molar refractivity (Wildman–Crippen MR) is 107 cm³/mol. The van der Waals surface area contributed by atoms with Crippen molar-refractivity contribution in [3.8, 4) is 11.5 Å². The molecule has 28 heavy (non-hydrogen) atoms. The third kappa shape index (κ3) is 3.99. The zero-order valence-electron chi connectivity index (χ0n) is 15.0. The van der Waals surface area contributed by atoms with Crippen LogP contribution in [0.15, 0.2) is 48.5 Å². The topological polar surface area (TPSA) is 85.4 Å². The molecule has 1 aliphatic rings. The molecule has 0 fully saturated rings. The summed E-state index contributed by atoms with van der Waals surface area (Å²) in [5.41, 5.74) is 2.53. The second kappa shape index (κ2) is 7.74. The van der Waals surface area contributed by atoms with E-state index in [1.54, 1.807) is 24.3 Å². The molecule has 1 amide bonds. The number of nitrogens with zero attached hydrogens (tertiary/aromatic N) is 2. The van der Waals surface area contributed by atoms with Gasteiger partial charge in [0.1, 0.15) is 13.2 Å². The van der Waals surface area contributed by atoms with Crippen LogP contribution in [0.25, 0.3) is 0 Å². The molecule has 142 valence electrons. The van der Waals surface area contributed by atoms with Crippen LogP contribution >= 0.6 is 11.6 Å². The maximum Gasteiger partial charge on any atom is 0.276 e. The standard InChI is InChI=1S/C20H17ClN4O3/c1-12-2-3-13(21)10-16(12)23-20(26)15-5-7-19(25-24-15)22-14-4-6-17-18(11-14)28-9-8-27-17/h2-7,10-11H,8-9H2,1H3,(H,22,25)(H,23,26). The summed E-state index contributed by atoms with van der Waals surface area (Å²) in [6, 6.07) is 14.1. The molecular weight excluding hydrogens is 380 g/mol. The molecule has 2 N–H and O–H groups in total. The van der Waals surface area contributed by atoms with E-state index in [2.05, 4.69) is 20.8 Å². The van der Waals surface area contributed by atoms with E-state index in [0.29, 0.717) is 41.2 Å². The number of halogens is 1. The Labute approximate surface area is 166 Å². The molecule has 0 atom stereocenters. The number of hydrogen-bond donors (Lipinski definition) is 2. The van der Waals surface area contributed by atoms with Crippen molar-refractivity contribution in [2.45, 2.75) is 6.92 Å². The Morgan fingerprint density at radius 2 is 1.82 bits per heavy atom. The van der Waals surface area contributed by atoms with Gasteiger partial charge >= 0.3 is 0 Å². The van der Waals surface area contributed by atoms with Crippen LogP contribution < -0.4 is 20.1 Å². The van der Waals surface area contributed by atoms with Gasteiger partial charge in [-0.15, -0.1) is 10.2 Å². The number of amides is 1. The zero-order valence-corrected chi connectivity index (χ0v) is 15.8. The van der Waals surface area contributed by atoms with Gasteiger partial charge in [-0.3, -0.25) is 4.79 Å². The summed E-state index contributed by atoms with van der Waals surface area (Å²) >= 11 is 5.98. The number of hydrogen-bond acceptors (Lipinski definition) is 6. The highest BCUT2D eigenvalue weighted by atomic mass is 35.5. The van der Waals surface area contributed by atoms with E-state index in [1.165, 1.54) is 0 Å². The summed E-state index contributed by atoms with van der Waals surface area (Å²) in [5, 5.41) is 14.5. The molecule has 0 aliphatic carbocycles. The molecule has 0 saturated carbocycles. The van der Waals surface area contributed by atoms with E-state index in [-0.39, 0.29) is 11.6 Å². The number of anilines is 3. The average Bonchev–Trinajstić information content (AvgIpc) is 2.71. The fourth-order valence-corrected chi connectivity index (χ4v) is 2.88. The normalized spacial score (nSPS) is 12.4. The van der Waals surface area contributed by atoms with E-state index in [4.69, 9.17) is 21.1 Å². The molecule has 0 saturated heterocycles. The van der Waals surface area contributed by atoms with Crippen molar-refractivity contribution in [2.75, 3.05) is 23.8 Å². The highest BCUT2D eigenvalue weighted by molar-refractivity contribution is 6.31. The second-order valence-electron chi connectivity index (χ2n) is 6.20. The van der Waals surface area contributed by atoms with E-state index in [0.717, 1.165) is 11.3 Å². The lowest BCUT2D eigenvalue weighted by molar-refractivity contribution is 0.102. The number of benzene rings is 2. The summed E-state index contributed by atoms with van der Waals surface area (Å²) in [5.74, 6) is 1.54. The largest absolute Gasteiger partial charge is 0.486 e. The molecule has 0 radical (unpaired) electrons. The maximum atomic E-state index is 12.4. The van der Waals surface area contributed by atoms with Crippen molar-refractivity contribution in [1.29, 1.82) is 0 Å². The number of carbonyl (C=O) groups is 1. The van der Waals surface area contributed by atoms with Crippen molar-refractivity contribution in [1.82, 2.24) is 10.2 Å². The van der Waals surface area contributed by atoms with E-state index < -0.39 is 0 Å². The Kier molecular flexibility index (Phi) is 4.99. The van der Waals surface area contributed by atoms with Crippen molar-refractivity contribution in [3.63, 3.8) is 0 Å². The molecule has 8 heteroatoms. The monoisotopic (exact) mass is 396 g/mol. The molecule has 1 aliphatic heterocycles. The number of fused-ring (bicyclic) bond motifs is 1. The maximum absolute atomic E-state index is 12.4. The fraction of sp³-hybridized carbons (Fsp3) is 0.150. The third-order valence-corrected chi connectivity index (χ3v) is 4.39. The summed E-state index contributed by atoms with van der Waals surface area (Å²) in [4.78, 5) is 12.4. The van der Waals surface area contributed by atoms with Crippen LogP contribution in [-0.2, 0) is 0 Å². The minimum atomic E-state index is -0.358. The van der Waals surface area contributed by atoms with Crippen LogP contribution in [0, 0.1) is 6.92 Å². The van der Waals surface area contributed by atoms with Crippen molar-refractivity contribution < 1.29 is 14.3 Å². The Bertz CT molecular complexity index is 1020. The quantitative estimate of drug-likeness (QED) is 0.687. The van der Waals surface area contributed by atoms with Gasteiger partial charge in [-0.25, -0.2) is 0 Å². The van der Waals surface area contributed by atoms with Crippen LogP contribution in [-0.4, -0.2) is 29.3 Å². The first-order valence-electron chi connectivity index (χ1n) is 8.66.